The van der Waals surface area contributed by atoms with Crippen LogP contribution in [0.5, 0.6) is 0 Å². The smallest absolute Gasteiger partial charge is 0.253 e. The van der Waals surface area contributed by atoms with Crippen molar-refractivity contribution >= 4 is 29.3 Å². The highest BCUT2D eigenvalue weighted by Gasteiger charge is 2.25. The maximum Gasteiger partial charge on any atom is 0.253 e. The summed E-state index contributed by atoms with van der Waals surface area (Å²) in [7, 11) is 0. The lowest BCUT2D eigenvalue weighted by molar-refractivity contribution is -0.111. The molecule has 0 spiro atoms. The Labute approximate surface area is 151 Å². The first-order valence-corrected chi connectivity index (χ1v) is 9.21. The van der Waals surface area contributed by atoms with Gasteiger partial charge in [0.05, 0.1) is 0 Å². The van der Waals surface area contributed by atoms with Crippen molar-refractivity contribution in [2.24, 2.45) is 0 Å². The molecule has 1 heterocycles. The molecule has 2 aromatic carbocycles. The van der Waals surface area contributed by atoms with E-state index in [2.05, 4.69) is 24.0 Å². The molecule has 0 bridgehead atoms. The standard InChI is InChI=1S/C20H20N2O2S/c1-2-19(23)21-17-10-8-16(9-11-17)20(24)22-12-13-25-18(14-22)15-6-4-3-5-7-15/h2-11,18H,1,12-14H2,(H,21,23). The molecule has 1 N–H and O–H groups in total. The SMILES string of the molecule is C=CC(=O)Nc1ccc(C(=O)N2CCSC(c3ccccc3)C2)cc1. The molecule has 1 saturated heterocycles. The highest BCUT2D eigenvalue weighted by Crippen LogP contribution is 2.33. The molecule has 3 rings (SSSR count). The second kappa shape index (κ2) is 8.03. The van der Waals surface area contributed by atoms with E-state index < -0.39 is 0 Å². The van der Waals surface area contributed by atoms with Crippen LogP contribution in [0.25, 0.3) is 0 Å². The fourth-order valence-corrected chi connectivity index (χ4v) is 4.02. The second-order valence-electron chi connectivity index (χ2n) is 5.79. The molecule has 25 heavy (non-hydrogen) atoms. The molecule has 5 heteroatoms. The number of nitrogens with one attached hydrogen (secondary N) is 1. The zero-order valence-electron chi connectivity index (χ0n) is 13.9. The minimum absolute atomic E-state index is 0.0304. The molecular formula is C20H20N2O2S. The van der Waals surface area contributed by atoms with Crippen LogP contribution in [0.3, 0.4) is 0 Å². The Bertz CT molecular complexity index is 759. The number of anilines is 1. The quantitative estimate of drug-likeness (QED) is 0.853. The fourth-order valence-electron chi connectivity index (χ4n) is 2.78. The Morgan fingerprint density at radius 1 is 1.12 bits per heavy atom. The van der Waals surface area contributed by atoms with Gasteiger partial charge in [-0.25, -0.2) is 0 Å². The summed E-state index contributed by atoms with van der Waals surface area (Å²) >= 11 is 1.89. The number of rotatable bonds is 4. The van der Waals surface area contributed by atoms with E-state index in [9.17, 15) is 9.59 Å². The predicted molar refractivity (Wildman–Crippen MR) is 103 cm³/mol. The third kappa shape index (κ3) is 4.31. The van der Waals surface area contributed by atoms with E-state index in [0.717, 1.165) is 12.3 Å². The number of carbonyl (C=O) groups excluding carboxylic acids is 2. The molecular weight excluding hydrogens is 332 g/mol. The van der Waals surface area contributed by atoms with Gasteiger partial charge in [-0.15, -0.1) is 0 Å². The zero-order chi connectivity index (χ0) is 17.6. The monoisotopic (exact) mass is 352 g/mol. The summed E-state index contributed by atoms with van der Waals surface area (Å²) in [6, 6.07) is 17.3. The average Bonchev–Trinajstić information content (AvgIpc) is 2.68. The first-order chi connectivity index (χ1) is 12.2. The predicted octanol–water partition coefficient (Wildman–Crippen LogP) is 3.74. The van der Waals surface area contributed by atoms with Crippen LogP contribution in [0, 0.1) is 0 Å². The van der Waals surface area contributed by atoms with Gasteiger partial charge in [0.1, 0.15) is 0 Å². The third-order valence-corrected chi connectivity index (χ3v) is 5.35. The Morgan fingerprint density at radius 3 is 2.52 bits per heavy atom. The maximum atomic E-state index is 12.8. The molecule has 0 saturated carbocycles. The van der Waals surface area contributed by atoms with Gasteiger partial charge in [-0.3, -0.25) is 9.59 Å². The summed E-state index contributed by atoms with van der Waals surface area (Å²) in [6.45, 7) is 4.88. The Morgan fingerprint density at radius 2 is 1.84 bits per heavy atom. The molecule has 2 amide bonds. The molecule has 0 aromatic heterocycles. The van der Waals surface area contributed by atoms with E-state index in [-0.39, 0.29) is 11.8 Å². The Kier molecular flexibility index (Phi) is 5.56. The van der Waals surface area contributed by atoms with Crippen LogP contribution in [0.2, 0.25) is 0 Å². The highest BCUT2D eigenvalue weighted by molar-refractivity contribution is 7.99. The van der Waals surface area contributed by atoms with Gasteiger partial charge in [-0.1, -0.05) is 36.9 Å². The topological polar surface area (TPSA) is 49.4 Å². The van der Waals surface area contributed by atoms with Crippen LogP contribution in [-0.4, -0.2) is 35.6 Å². The molecule has 1 atom stereocenters. The molecule has 128 valence electrons. The first-order valence-electron chi connectivity index (χ1n) is 8.16. The zero-order valence-corrected chi connectivity index (χ0v) is 14.7. The van der Waals surface area contributed by atoms with Crippen molar-refractivity contribution in [2.45, 2.75) is 5.25 Å². The molecule has 1 aliphatic heterocycles. The lowest BCUT2D eigenvalue weighted by atomic mass is 10.1. The van der Waals surface area contributed by atoms with E-state index in [1.165, 1.54) is 11.6 Å². The van der Waals surface area contributed by atoms with E-state index >= 15 is 0 Å². The number of hydrogen-bond acceptors (Lipinski definition) is 3. The lowest BCUT2D eigenvalue weighted by Crippen LogP contribution is -2.39. The van der Waals surface area contributed by atoms with E-state index in [1.807, 2.05) is 34.9 Å². The van der Waals surface area contributed by atoms with Gasteiger partial charge in [-0.05, 0) is 35.9 Å². The van der Waals surface area contributed by atoms with Crippen molar-refractivity contribution < 1.29 is 9.59 Å². The van der Waals surface area contributed by atoms with Crippen LogP contribution < -0.4 is 5.32 Å². The molecule has 2 aromatic rings. The summed E-state index contributed by atoms with van der Waals surface area (Å²) in [5.74, 6) is 0.694. The van der Waals surface area contributed by atoms with Gasteiger partial charge in [0.15, 0.2) is 0 Å². The molecule has 1 aliphatic rings. The molecule has 1 unspecified atom stereocenters. The van der Waals surface area contributed by atoms with Crippen molar-refractivity contribution in [1.29, 1.82) is 0 Å². The molecule has 0 aliphatic carbocycles. The van der Waals surface area contributed by atoms with Crippen LogP contribution >= 0.6 is 11.8 Å². The largest absolute Gasteiger partial charge is 0.336 e. The first kappa shape index (κ1) is 17.3. The Hall–Kier alpha value is -2.53. The normalized spacial score (nSPS) is 17.0. The van der Waals surface area contributed by atoms with Gasteiger partial charge < -0.3 is 10.2 Å². The van der Waals surface area contributed by atoms with Crippen LogP contribution in [0.15, 0.2) is 67.3 Å². The third-order valence-electron chi connectivity index (χ3n) is 4.11. The van der Waals surface area contributed by atoms with Crippen LogP contribution in [0.1, 0.15) is 21.2 Å². The van der Waals surface area contributed by atoms with Crippen molar-refractivity contribution in [2.75, 3.05) is 24.2 Å². The van der Waals surface area contributed by atoms with Gasteiger partial charge >= 0.3 is 0 Å². The number of carbonyl (C=O) groups is 2. The summed E-state index contributed by atoms with van der Waals surface area (Å²) < 4.78 is 0. The summed E-state index contributed by atoms with van der Waals surface area (Å²) in [5.41, 5.74) is 2.54. The van der Waals surface area contributed by atoms with Gasteiger partial charge in [0.2, 0.25) is 5.91 Å². The Balaban J connectivity index is 1.68. The summed E-state index contributed by atoms with van der Waals surface area (Å²) in [6.07, 6.45) is 1.22. The van der Waals surface area contributed by atoms with Crippen LogP contribution in [0.4, 0.5) is 5.69 Å². The average molecular weight is 352 g/mol. The number of thioether (sulfide) groups is 1. The minimum Gasteiger partial charge on any atom is -0.336 e. The van der Waals surface area contributed by atoms with Gasteiger partial charge in [0.25, 0.3) is 5.91 Å². The van der Waals surface area contributed by atoms with E-state index in [4.69, 9.17) is 0 Å². The van der Waals surface area contributed by atoms with E-state index in [1.54, 1.807) is 24.3 Å². The number of amides is 2. The van der Waals surface area contributed by atoms with Gasteiger partial charge in [0, 0.05) is 35.3 Å². The molecule has 4 nitrogen and oxygen atoms in total. The molecule has 0 radical (unpaired) electrons. The van der Waals surface area contributed by atoms with Crippen molar-refractivity contribution in [3.63, 3.8) is 0 Å². The number of nitrogens with zero attached hydrogens (tertiary/aromatic N) is 1. The summed E-state index contributed by atoms with van der Waals surface area (Å²) in [5, 5.41) is 2.99. The maximum absolute atomic E-state index is 12.8. The minimum atomic E-state index is -0.266. The van der Waals surface area contributed by atoms with E-state index in [0.29, 0.717) is 23.0 Å². The fraction of sp³-hybridized carbons (Fsp3) is 0.200. The molecule has 1 fully saturated rings. The van der Waals surface area contributed by atoms with Crippen molar-refractivity contribution in [3.8, 4) is 0 Å². The summed E-state index contributed by atoms with van der Waals surface area (Å²) in [4.78, 5) is 26.0. The van der Waals surface area contributed by atoms with Crippen molar-refractivity contribution in [1.82, 2.24) is 4.90 Å². The van der Waals surface area contributed by atoms with Crippen LogP contribution in [-0.2, 0) is 4.79 Å². The second-order valence-corrected chi connectivity index (χ2v) is 7.10. The number of hydrogen-bond donors (Lipinski definition) is 1. The lowest BCUT2D eigenvalue weighted by Gasteiger charge is -2.32. The number of benzene rings is 2. The van der Waals surface area contributed by atoms with Gasteiger partial charge in [-0.2, -0.15) is 11.8 Å². The highest BCUT2D eigenvalue weighted by atomic mass is 32.2. The van der Waals surface area contributed by atoms with Crippen molar-refractivity contribution in [3.05, 3.63) is 78.4 Å².